The molecule has 0 aliphatic heterocycles. The maximum Gasteiger partial charge on any atom is 0.258 e. The summed E-state index contributed by atoms with van der Waals surface area (Å²) in [5, 5.41) is 3.34. The fraction of sp³-hybridized carbons (Fsp3) is 0. The molecule has 1 amide bonds. The van der Waals surface area contributed by atoms with Crippen LogP contribution in [-0.4, -0.2) is 10.9 Å². The highest BCUT2D eigenvalue weighted by atomic mass is 127. The molecule has 1 N–H and O–H groups in total. The van der Waals surface area contributed by atoms with Gasteiger partial charge in [0, 0.05) is 8.04 Å². The molecule has 2 aromatic rings. The van der Waals surface area contributed by atoms with E-state index >= 15 is 0 Å². The topological polar surface area (TPSA) is 42.0 Å². The third-order valence-corrected chi connectivity index (χ3v) is 4.70. The summed E-state index contributed by atoms with van der Waals surface area (Å²) in [7, 11) is 0. The second-order valence-electron chi connectivity index (χ2n) is 3.05. The Bertz CT molecular complexity index is 573. The minimum absolute atomic E-state index is 0.155. The maximum absolute atomic E-state index is 12.0. The van der Waals surface area contributed by atoms with E-state index in [-0.39, 0.29) is 5.91 Å². The van der Waals surface area contributed by atoms with Gasteiger partial charge in [-0.3, -0.25) is 10.1 Å². The first-order valence-electron chi connectivity index (χ1n) is 4.44. The van der Waals surface area contributed by atoms with Crippen LogP contribution >= 0.6 is 65.8 Å². The number of carbonyl (C=O) groups excluding carboxylic acids is 1. The molecule has 0 saturated carbocycles. The lowest BCUT2D eigenvalue weighted by atomic mass is 10.2. The van der Waals surface area contributed by atoms with Crippen molar-refractivity contribution in [3.05, 3.63) is 41.8 Å². The standard InChI is InChI=1S/C10H5Br2IN2OS/c11-5-1-2-7(13)6(3-5)9(16)15-10-14-4-8(12)17-10/h1-4H,(H,14,15,16). The molecule has 0 aliphatic rings. The van der Waals surface area contributed by atoms with Crippen molar-refractivity contribution in [3.63, 3.8) is 0 Å². The molecule has 0 bridgehead atoms. The van der Waals surface area contributed by atoms with Gasteiger partial charge in [-0.15, -0.1) is 0 Å². The van der Waals surface area contributed by atoms with Gasteiger partial charge in [0.2, 0.25) is 0 Å². The molecule has 0 saturated heterocycles. The highest BCUT2D eigenvalue weighted by Gasteiger charge is 2.12. The molecule has 0 unspecified atom stereocenters. The molecule has 7 heteroatoms. The lowest BCUT2D eigenvalue weighted by molar-refractivity contribution is 0.102. The number of hydrogen-bond donors (Lipinski definition) is 1. The van der Waals surface area contributed by atoms with Crippen LogP contribution in [0.15, 0.2) is 32.7 Å². The average Bonchev–Trinajstić information content (AvgIpc) is 2.67. The van der Waals surface area contributed by atoms with Crippen LogP contribution in [0.5, 0.6) is 0 Å². The Hall–Kier alpha value is 0.01000. The lowest BCUT2D eigenvalue weighted by Gasteiger charge is -2.04. The molecule has 0 radical (unpaired) electrons. The third-order valence-electron chi connectivity index (χ3n) is 1.87. The lowest BCUT2D eigenvalue weighted by Crippen LogP contribution is -2.13. The van der Waals surface area contributed by atoms with Crippen LogP contribution < -0.4 is 5.32 Å². The van der Waals surface area contributed by atoms with E-state index in [2.05, 4.69) is 64.8 Å². The summed E-state index contributed by atoms with van der Waals surface area (Å²) in [5.41, 5.74) is 0.631. The minimum atomic E-state index is -0.155. The van der Waals surface area contributed by atoms with Gasteiger partial charge in [0.1, 0.15) is 0 Å². The first-order valence-corrected chi connectivity index (χ1v) is 7.92. The van der Waals surface area contributed by atoms with Crippen molar-refractivity contribution in [1.29, 1.82) is 0 Å². The van der Waals surface area contributed by atoms with Gasteiger partial charge in [-0.1, -0.05) is 27.3 Å². The zero-order chi connectivity index (χ0) is 12.4. The average molecular weight is 488 g/mol. The van der Waals surface area contributed by atoms with Crippen molar-refractivity contribution < 1.29 is 4.79 Å². The summed E-state index contributed by atoms with van der Waals surface area (Å²) in [4.78, 5) is 16.1. The quantitative estimate of drug-likeness (QED) is 0.633. The number of anilines is 1. The van der Waals surface area contributed by atoms with Crippen molar-refractivity contribution in [2.75, 3.05) is 5.32 Å². The molecule has 0 spiro atoms. The fourth-order valence-corrected chi connectivity index (χ4v) is 3.19. The van der Waals surface area contributed by atoms with Gasteiger partial charge in [-0.2, -0.15) is 0 Å². The van der Waals surface area contributed by atoms with E-state index < -0.39 is 0 Å². The van der Waals surface area contributed by atoms with E-state index in [9.17, 15) is 4.79 Å². The molecule has 17 heavy (non-hydrogen) atoms. The summed E-state index contributed by atoms with van der Waals surface area (Å²) in [6.45, 7) is 0. The van der Waals surface area contributed by atoms with Crippen molar-refractivity contribution in [2.24, 2.45) is 0 Å². The zero-order valence-electron chi connectivity index (χ0n) is 8.21. The molecular formula is C10H5Br2IN2OS. The first kappa shape index (κ1) is 13.4. The number of halogens is 3. The van der Waals surface area contributed by atoms with Crippen LogP contribution in [0.1, 0.15) is 10.4 Å². The second kappa shape index (κ2) is 5.77. The van der Waals surface area contributed by atoms with E-state index in [1.165, 1.54) is 11.3 Å². The normalized spacial score (nSPS) is 10.3. The van der Waals surface area contributed by atoms with Gasteiger partial charge in [-0.05, 0) is 56.7 Å². The predicted molar refractivity (Wildman–Crippen MR) is 84.6 cm³/mol. The van der Waals surface area contributed by atoms with Crippen molar-refractivity contribution in [2.45, 2.75) is 0 Å². The van der Waals surface area contributed by atoms with Gasteiger partial charge in [-0.25, -0.2) is 4.98 Å². The molecule has 0 aliphatic carbocycles. The van der Waals surface area contributed by atoms with E-state index in [1.807, 2.05) is 12.1 Å². The molecule has 88 valence electrons. The summed E-state index contributed by atoms with van der Waals surface area (Å²) in [6.07, 6.45) is 1.66. The van der Waals surface area contributed by atoms with Crippen LogP contribution in [0.25, 0.3) is 0 Å². The molecule has 0 fully saturated rings. The SMILES string of the molecule is O=C(Nc1ncc(Br)s1)c1cc(Br)ccc1I. The summed E-state index contributed by atoms with van der Waals surface area (Å²) >= 11 is 10.2. The minimum Gasteiger partial charge on any atom is -0.298 e. The number of amides is 1. The van der Waals surface area contributed by atoms with Gasteiger partial charge in [0.15, 0.2) is 5.13 Å². The molecule has 1 aromatic heterocycles. The highest BCUT2D eigenvalue weighted by molar-refractivity contribution is 14.1. The molecule has 1 heterocycles. The number of thiazole rings is 1. The van der Waals surface area contributed by atoms with E-state index in [0.717, 1.165) is 11.8 Å². The Balaban J connectivity index is 2.22. The molecule has 1 aromatic carbocycles. The van der Waals surface area contributed by atoms with E-state index in [4.69, 9.17) is 0 Å². The van der Waals surface area contributed by atoms with Crippen molar-refractivity contribution in [3.8, 4) is 0 Å². The summed E-state index contributed by atoms with van der Waals surface area (Å²) in [6, 6.07) is 5.58. The Kier molecular flexibility index (Phi) is 4.56. The monoisotopic (exact) mass is 486 g/mol. The molecule has 3 nitrogen and oxygen atoms in total. The van der Waals surface area contributed by atoms with Crippen LogP contribution in [0.2, 0.25) is 0 Å². The molecular weight excluding hydrogens is 483 g/mol. The Morgan fingerprint density at radius 2 is 2.18 bits per heavy atom. The van der Waals surface area contributed by atoms with Gasteiger partial charge >= 0.3 is 0 Å². The number of carbonyl (C=O) groups is 1. The fourth-order valence-electron chi connectivity index (χ4n) is 1.15. The summed E-state index contributed by atoms with van der Waals surface area (Å²) < 4.78 is 2.67. The number of aromatic nitrogens is 1. The number of benzene rings is 1. The van der Waals surface area contributed by atoms with Crippen LogP contribution in [0.3, 0.4) is 0 Å². The van der Waals surface area contributed by atoms with Gasteiger partial charge in [0.25, 0.3) is 5.91 Å². The van der Waals surface area contributed by atoms with Gasteiger partial charge in [0.05, 0.1) is 15.5 Å². The Labute approximate surface area is 132 Å². The largest absolute Gasteiger partial charge is 0.298 e. The van der Waals surface area contributed by atoms with E-state index in [0.29, 0.717) is 10.7 Å². The number of nitrogens with one attached hydrogen (secondary N) is 1. The number of nitrogens with zero attached hydrogens (tertiary/aromatic N) is 1. The Morgan fingerprint density at radius 3 is 2.82 bits per heavy atom. The smallest absolute Gasteiger partial charge is 0.258 e. The predicted octanol–water partition coefficient (Wildman–Crippen LogP) is 4.53. The van der Waals surface area contributed by atoms with Crippen molar-refractivity contribution >= 4 is 76.8 Å². The van der Waals surface area contributed by atoms with Crippen LogP contribution in [-0.2, 0) is 0 Å². The second-order valence-corrected chi connectivity index (χ2v) is 7.54. The molecule has 2 rings (SSSR count). The Morgan fingerprint density at radius 1 is 1.41 bits per heavy atom. The van der Waals surface area contributed by atoms with Crippen molar-refractivity contribution in [1.82, 2.24) is 4.98 Å². The first-order chi connectivity index (χ1) is 8.06. The number of rotatable bonds is 2. The highest BCUT2D eigenvalue weighted by Crippen LogP contribution is 2.25. The number of hydrogen-bond acceptors (Lipinski definition) is 3. The van der Waals surface area contributed by atoms with Gasteiger partial charge < -0.3 is 0 Å². The van der Waals surface area contributed by atoms with Crippen LogP contribution in [0, 0.1) is 3.57 Å². The summed E-state index contributed by atoms with van der Waals surface area (Å²) in [5.74, 6) is -0.155. The van der Waals surface area contributed by atoms with E-state index in [1.54, 1.807) is 12.3 Å². The maximum atomic E-state index is 12.0. The van der Waals surface area contributed by atoms with Crippen LogP contribution in [0.4, 0.5) is 5.13 Å². The zero-order valence-corrected chi connectivity index (χ0v) is 14.4. The molecule has 0 atom stereocenters. The third kappa shape index (κ3) is 3.49.